The fourth-order valence-electron chi connectivity index (χ4n) is 2.28. The van der Waals surface area contributed by atoms with Crippen LogP contribution in [0.2, 0.25) is 0 Å². The molecule has 0 radical (unpaired) electrons. The molecule has 0 aliphatic rings. The van der Waals surface area contributed by atoms with Crippen molar-refractivity contribution in [3.63, 3.8) is 0 Å². The van der Waals surface area contributed by atoms with E-state index in [9.17, 15) is 13.2 Å². The highest BCUT2D eigenvalue weighted by Gasteiger charge is 2.35. The third kappa shape index (κ3) is 3.41. The largest absolute Gasteiger partial charge is 0.416 e. The first-order chi connectivity index (χ1) is 9.99. The molecule has 1 aromatic heterocycles. The van der Waals surface area contributed by atoms with Crippen LogP contribution in [0.15, 0.2) is 24.3 Å². The quantitative estimate of drug-likeness (QED) is 0.911. The van der Waals surface area contributed by atoms with Crippen molar-refractivity contribution in [1.29, 1.82) is 0 Å². The minimum Gasteiger partial charge on any atom is -0.309 e. The molecule has 21 heavy (non-hydrogen) atoms. The second kappa shape index (κ2) is 6.53. The first kappa shape index (κ1) is 15.9. The monoisotopic (exact) mass is 315 g/mol. The molecule has 114 valence electrons. The Hall–Kier alpha value is -1.47. The predicted octanol–water partition coefficient (Wildman–Crippen LogP) is 3.82. The van der Waals surface area contributed by atoms with E-state index >= 15 is 0 Å². The van der Waals surface area contributed by atoms with Gasteiger partial charge in [-0.1, -0.05) is 36.0 Å². The third-order valence-corrected chi connectivity index (χ3v) is 4.03. The topological polar surface area (TPSA) is 37.8 Å². The van der Waals surface area contributed by atoms with Crippen LogP contribution in [0, 0.1) is 0 Å². The molecule has 1 aromatic carbocycles. The van der Waals surface area contributed by atoms with Crippen molar-refractivity contribution in [2.45, 2.75) is 32.0 Å². The van der Waals surface area contributed by atoms with Gasteiger partial charge in [0.05, 0.1) is 22.2 Å². The molecule has 0 amide bonds. The normalized spacial score (nSPS) is 13.4. The van der Waals surface area contributed by atoms with Gasteiger partial charge in [0.25, 0.3) is 0 Å². The summed E-state index contributed by atoms with van der Waals surface area (Å²) in [4.78, 5) is 0.746. The summed E-state index contributed by atoms with van der Waals surface area (Å²) in [7, 11) is 1.65. The van der Waals surface area contributed by atoms with Crippen molar-refractivity contribution in [3.8, 4) is 0 Å². The summed E-state index contributed by atoms with van der Waals surface area (Å²) >= 11 is 1.15. The van der Waals surface area contributed by atoms with Gasteiger partial charge in [0, 0.05) is 0 Å². The van der Waals surface area contributed by atoms with Crippen molar-refractivity contribution in [1.82, 2.24) is 14.9 Å². The van der Waals surface area contributed by atoms with Crippen LogP contribution in [-0.2, 0) is 12.6 Å². The minimum atomic E-state index is -4.38. The first-order valence-electron chi connectivity index (χ1n) is 6.63. The highest BCUT2D eigenvalue weighted by Crippen LogP contribution is 2.37. The van der Waals surface area contributed by atoms with E-state index in [1.807, 2.05) is 6.92 Å². The van der Waals surface area contributed by atoms with Crippen LogP contribution in [-0.4, -0.2) is 16.6 Å². The minimum absolute atomic E-state index is 0.205. The highest BCUT2D eigenvalue weighted by atomic mass is 32.1. The Bertz CT molecular complexity index is 595. The summed E-state index contributed by atoms with van der Waals surface area (Å²) < 4.78 is 43.4. The molecule has 7 heteroatoms. The number of alkyl halides is 3. The number of aromatic nitrogens is 2. The van der Waals surface area contributed by atoms with Crippen LogP contribution in [0.3, 0.4) is 0 Å². The molecule has 0 fully saturated rings. The van der Waals surface area contributed by atoms with Gasteiger partial charge in [-0.2, -0.15) is 13.2 Å². The summed E-state index contributed by atoms with van der Waals surface area (Å²) in [5, 5.41) is 7.00. The Kier molecular flexibility index (Phi) is 4.95. The molecule has 0 aliphatic heterocycles. The number of benzene rings is 1. The third-order valence-electron chi connectivity index (χ3n) is 3.20. The molecule has 2 aromatic rings. The van der Waals surface area contributed by atoms with Crippen molar-refractivity contribution < 1.29 is 13.2 Å². The lowest BCUT2D eigenvalue weighted by Gasteiger charge is -2.20. The van der Waals surface area contributed by atoms with E-state index < -0.39 is 17.8 Å². The van der Waals surface area contributed by atoms with Crippen LogP contribution >= 0.6 is 11.5 Å². The summed E-state index contributed by atoms with van der Waals surface area (Å²) in [6.07, 6.45) is -2.80. The van der Waals surface area contributed by atoms with E-state index in [2.05, 4.69) is 14.9 Å². The van der Waals surface area contributed by atoms with Gasteiger partial charge in [0.15, 0.2) is 0 Å². The Morgan fingerprint density at radius 1 is 1.29 bits per heavy atom. The zero-order valence-corrected chi connectivity index (χ0v) is 12.6. The van der Waals surface area contributed by atoms with Crippen molar-refractivity contribution in [3.05, 3.63) is 46.0 Å². The molecule has 3 nitrogen and oxygen atoms in total. The SMILES string of the molecule is CCCc1nnsc1C(NC)c1ccccc1C(F)(F)F. The molecule has 1 heterocycles. The van der Waals surface area contributed by atoms with Gasteiger partial charge in [0.2, 0.25) is 0 Å². The van der Waals surface area contributed by atoms with Crippen molar-refractivity contribution >= 4 is 11.5 Å². The Morgan fingerprint density at radius 2 is 2.00 bits per heavy atom. The molecule has 0 saturated heterocycles. The maximum atomic E-state index is 13.2. The molecule has 1 unspecified atom stereocenters. The molecule has 0 bridgehead atoms. The molecule has 0 spiro atoms. The Labute approximate surface area is 125 Å². The van der Waals surface area contributed by atoms with E-state index in [0.29, 0.717) is 6.42 Å². The number of hydrogen-bond donors (Lipinski definition) is 1. The lowest BCUT2D eigenvalue weighted by molar-refractivity contribution is -0.138. The molecular formula is C14H16F3N3S. The predicted molar refractivity (Wildman–Crippen MR) is 76.3 cm³/mol. The van der Waals surface area contributed by atoms with E-state index in [1.165, 1.54) is 12.1 Å². The summed E-state index contributed by atoms with van der Waals surface area (Å²) in [5.74, 6) is 0. The maximum absolute atomic E-state index is 13.2. The van der Waals surface area contributed by atoms with Gasteiger partial charge in [0.1, 0.15) is 0 Å². The first-order valence-corrected chi connectivity index (χ1v) is 7.40. The lowest BCUT2D eigenvalue weighted by Crippen LogP contribution is -2.22. The molecule has 1 atom stereocenters. The zero-order chi connectivity index (χ0) is 15.5. The van der Waals surface area contributed by atoms with Gasteiger partial charge < -0.3 is 5.32 Å². The number of nitrogens with one attached hydrogen (secondary N) is 1. The summed E-state index contributed by atoms with van der Waals surface area (Å²) in [6, 6.07) is 5.07. The lowest BCUT2D eigenvalue weighted by atomic mass is 9.97. The van der Waals surface area contributed by atoms with Gasteiger partial charge >= 0.3 is 6.18 Å². The van der Waals surface area contributed by atoms with Crippen LogP contribution < -0.4 is 5.32 Å². The number of halogens is 3. The number of rotatable bonds is 5. The van der Waals surface area contributed by atoms with Crippen LogP contribution in [0.5, 0.6) is 0 Å². The van der Waals surface area contributed by atoms with E-state index in [-0.39, 0.29) is 5.56 Å². The summed E-state index contributed by atoms with van der Waals surface area (Å²) in [5.41, 5.74) is 0.343. The fourth-order valence-corrected chi connectivity index (χ4v) is 3.11. The summed E-state index contributed by atoms with van der Waals surface area (Å²) in [6.45, 7) is 2.00. The van der Waals surface area contributed by atoms with E-state index in [1.54, 1.807) is 13.1 Å². The number of hydrogen-bond acceptors (Lipinski definition) is 4. The average Bonchev–Trinajstić information content (AvgIpc) is 2.88. The van der Waals surface area contributed by atoms with Crippen molar-refractivity contribution in [2.75, 3.05) is 7.05 Å². The molecule has 2 rings (SSSR count). The van der Waals surface area contributed by atoms with Crippen LogP contribution in [0.25, 0.3) is 0 Å². The average molecular weight is 315 g/mol. The molecule has 1 N–H and O–H groups in total. The maximum Gasteiger partial charge on any atom is 0.416 e. The van der Waals surface area contributed by atoms with Gasteiger partial charge in [-0.15, -0.1) is 5.10 Å². The van der Waals surface area contributed by atoms with Gasteiger partial charge in [-0.05, 0) is 36.6 Å². The van der Waals surface area contributed by atoms with Crippen LogP contribution in [0.4, 0.5) is 13.2 Å². The Balaban J connectivity index is 2.50. The standard InChI is InChI=1S/C14H16F3N3S/c1-3-6-11-13(21-20-19-11)12(18-2)9-7-4-5-8-10(9)14(15,16)17/h4-5,7-8,12,18H,3,6H2,1-2H3. The van der Waals surface area contributed by atoms with E-state index in [4.69, 9.17) is 0 Å². The van der Waals surface area contributed by atoms with E-state index in [0.717, 1.165) is 34.6 Å². The highest BCUT2D eigenvalue weighted by molar-refractivity contribution is 7.05. The number of nitrogens with zero attached hydrogens (tertiary/aromatic N) is 2. The van der Waals surface area contributed by atoms with Crippen LogP contribution in [0.1, 0.15) is 41.1 Å². The fraction of sp³-hybridized carbons (Fsp3) is 0.429. The second-order valence-corrected chi connectivity index (χ2v) is 5.43. The van der Waals surface area contributed by atoms with Gasteiger partial charge in [-0.3, -0.25) is 0 Å². The zero-order valence-electron chi connectivity index (χ0n) is 11.7. The molecule has 0 aliphatic carbocycles. The molecule has 0 saturated carbocycles. The number of aryl methyl sites for hydroxylation is 1. The van der Waals surface area contributed by atoms with Crippen molar-refractivity contribution in [2.24, 2.45) is 0 Å². The van der Waals surface area contributed by atoms with Gasteiger partial charge in [-0.25, -0.2) is 0 Å². The molecular weight excluding hydrogens is 299 g/mol. The Morgan fingerprint density at radius 3 is 2.62 bits per heavy atom. The second-order valence-electron chi connectivity index (χ2n) is 4.64. The smallest absolute Gasteiger partial charge is 0.309 e.